The van der Waals surface area contributed by atoms with E-state index in [0.717, 1.165) is 16.8 Å². The summed E-state index contributed by atoms with van der Waals surface area (Å²) in [6.45, 7) is 2.01. The van der Waals surface area contributed by atoms with E-state index in [2.05, 4.69) is 10.5 Å². The molecular weight excluding hydrogens is 436 g/mol. The zero-order valence-corrected chi connectivity index (χ0v) is 19.0. The van der Waals surface area contributed by atoms with Crippen LogP contribution in [0.3, 0.4) is 0 Å². The van der Waals surface area contributed by atoms with Crippen molar-refractivity contribution in [3.8, 4) is 16.9 Å². The van der Waals surface area contributed by atoms with Gasteiger partial charge < -0.3 is 0 Å². The third kappa shape index (κ3) is 5.24. The minimum Gasteiger partial charge on any atom is -0.267 e. The number of rotatable bonds is 6. The number of aromatic nitrogens is 2. The fraction of sp³-hybridized carbons (Fsp3) is 0.0800. The van der Waals surface area contributed by atoms with Crippen LogP contribution in [-0.4, -0.2) is 36.6 Å². The molecule has 0 radical (unpaired) electrons. The molecule has 1 amide bonds. The van der Waals surface area contributed by atoms with Crippen molar-refractivity contribution in [2.24, 2.45) is 5.10 Å². The Morgan fingerprint density at radius 3 is 2.27 bits per heavy atom. The summed E-state index contributed by atoms with van der Waals surface area (Å²) in [5.74, 6) is -0.322. The highest BCUT2D eigenvalue weighted by molar-refractivity contribution is 7.90. The van der Waals surface area contributed by atoms with Gasteiger partial charge in [-0.1, -0.05) is 48.0 Å². The second-order valence-corrected chi connectivity index (χ2v) is 9.59. The van der Waals surface area contributed by atoms with E-state index in [1.807, 2.05) is 43.5 Å². The third-order valence-corrected chi connectivity index (χ3v) is 6.13. The van der Waals surface area contributed by atoms with Gasteiger partial charge in [0.25, 0.3) is 5.91 Å². The van der Waals surface area contributed by atoms with Gasteiger partial charge in [-0.25, -0.2) is 18.5 Å². The molecule has 166 valence electrons. The van der Waals surface area contributed by atoms with Crippen molar-refractivity contribution >= 4 is 22.0 Å². The van der Waals surface area contributed by atoms with Crippen LogP contribution in [0.4, 0.5) is 0 Å². The van der Waals surface area contributed by atoms with Gasteiger partial charge in [0, 0.05) is 29.1 Å². The number of sulfone groups is 1. The first-order valence-electron chi connectivity index (χ1n) is 10.2. The smallest absolute Gasteiger partial charge is 0.267 e. The maximum absolute atomic E-state index is 12.3. The molecule has 0 aliphatic carbocycles. The quantitative estimate of drug-likeness (QED) is 0.349. The number of aryl methyl sites for hydroxylation is 1. The van der Waals surface area contributed by atoms with E-state index < -0.39 is 9.84 Å². The summed E-state index contributed by atoms with van der Waals surface area (Å²) in [6, 6.07) is 23.2. The zero-order chi connectivity index (χ0) is 23.4. The first kappa shape index (κ1) is 22.2. The van der Waals surface area contributed by atoms with Gasteiger partial charge in [-0.3, -0.25) is 4.79 Å². The van der Waals surface area contributed by atoms with Crippen LogP contribution >= 0.6 is 0 Å². The Kier molecular flexibility index (Phi) is 6.19. The summed E-state index contributed by atoms with van der Waals surface area (Å²) in [7, 11) is -3.30. The van der Waals surface area contributed by atoms with E-state index in [1.165, 1.54) is 12.5 Å². The lowest BCUT2D eigenvalue weighted by Crippen LogP contribution is -2.17. The van der Waals surface area contributed by atoms with Gasteiger partial charge in [0.15, 0.2) is 9.84 Å². The molecule has 4 aromatic rings. The van der Waals surface area contributed by atoms with Crippen molar-refractivity contribution < 1.29 is 13.2 Å². The van der Waals surface area contributed by atoms with Gasteiger partial charge in [-0.15, -0.1) is 0 Å². The molecule has 0 aliphatic heterocycles. The van der Waals surface area contributed by atoms with Crippen molar-refractivity contribution in [1.82, 2.24) is 15.2 Å². The molecule has 0 saturated carbocycles. The first-order chi connectivity index (χ1) is 15.8. The van der Waals surface area contributed by atoms with Crippen LogP contribution in [0.5, 0.6) is 0 Å². The number of carbonyl (C=O) groups excluding carboxylic acids is 1. The van der Waals surface area contributed by atoms with E-state index in [4.69, 9.17) is 5.10 Å². The topological polar surface area (TPSA) is 93.4 Å². The zero-order valence-electron chi connectivity index (χ0n) is 18.1. The fourth-order valence-electron chi connectivity index (χ4n) is 3.21. The van der Waals surface area contributed by atoms with Gasteiger partial charge >= 0.3 is 0 Å². The second-order valence-electron chi connectivity index (χ2n) is 7.57. The molecule has 0 spiro atoms. The number of nitrogens with one attached hydrogen (secondary N) is 1. The maximum Gasteiger partial charge on any atom is 0.271 e. The van der Waals surface area contributed by atoms with Crippen LogP contribution in [0.2, 0.25) is 0 Å². The summed E-state index contributed by atoms with van der Waals surface area (Å²) >= 11 is 0. The van der Waals surface area contributed by atoms with Crippen molar-refractivity contribution in [2.75, 3.05) is 6.26 Å². The van der Waals surface area contributed by atoms with E-state index in [9.17, 15) is 13.2 Å². The van der Waals surface area contributed by atoms with Crippen molar-refractivity contribution in [2.45, 2.75) is 11.8 Å². The average Bonchev–Trinajstić information content (AvgIpc) is 3.23. The van der Waals surface area contributed by atoms with Crippen molar-refractivity contribution in [3.63, 3.8) is 0 Å². The Balaban J connectivity index is 1.68. The molecular formula is C25H22N4O3S. The Morgan fingerprint density at radius 2 is 1.64 bits per heavy atom. The van der Waals surface area contributed by atoms with E-state index in [-0.39, 0.29) is 10.8 Å². The number of hydrazone groups is 1. The molecule has 7 nitrogen and oxygen atoms in total. The number of hydrogen-bond acceptors (Lipinski definition) is 5. The largest absolute Gasteiger partial charge is 0.271 e. The van der Waals surface area contributed by atoms with Crippen LogP contribution in [0.25, 0.3) is 16.9 Å². The highest BCUT2D eigenvalue weighted by Gasteiger charge is 2.13. The molecule has 0 saturated heterocycles. The summed E-state index contributed by atoms with van der Waals surface area (Å²) in [6.07, 6.45) is 4.50. The summed E-state index contributed by atoms with van der Waals surface area (Å²) in [5.41, 5.74) is 7.02. The van der Waals surface area contributed by atoms with Crippen LogP contribution in [0.15, 0.2) is 95.1 Å². The molecule has 1 aromatic heterocycles. The molecule has 1 heterocycles. The SMILES string of the molecule is Cc1ccc(-n2cc(/C=N/NC(=O)c3ccccc3)c(-c3ccc(S(C)(=O)=O)cc3)n2)cc1. The van der Waals surface area contributed by atoms with Crippen LogP contribution in [0.1, 0.15) is 21.5 Å². The van der Waals surface area contributed by atoms with Crippen molar-refractivity contribution in [1.29, 1.82) is 0 Å². The van der Waals surface area contributed by atoms with Crippen LogP contribution < -0.4 is 5.43 Å². The van der Waals surface area contributed by atoms with Crippen molar-refractivity contribution in [3.05, 3.63) is 102 Å². The predicted octanol–water partition coefficient (Wildman–Crippen LogP) is 4.02. The standard InChI is InChI=1S/C25H22N4O3S/c1-18-8-12-22(13-9-18)29-17-21(16-26-27-25(30)20-6-4-3-5-7-20)24(28-29)19-10-14-23(15-11-19)33(2,31)32/h3-17H,1-2H3,(H,27,30)/b26-16+. The van der Waals surface area contributed by atoms with Gasteiger partial charge in [0.2, 0.25) is 0 Å². The molecule has 0 bridgehead atoms. The lowest BCUT2D eigenvalue weighted by molar-refractivity contribution is 0.0955. The lowest BCUT2D eigenvalue weighted by Gasteiger charge is -2.03. The molecule has 3 aromatic carbocycles. The molecule has 0 aliphatic rings. The minimum atomic E-state index is -3.30. The molecule has 0 atom stereocenters. The number of hydrogen-bond donors (Lipinski definition) is 1. The molecule has 8 heteroatoms. The summed E-state index contributed by atoms with van der Waals surface area (Å²) in [5, 5.41) is 8.80. The average molecular weight is 459 g/mol. The maximum atomic E-state index is 12.3. The number of amides is 1. The summed E-state index contributed by atoms with van der Waals surface area (Å²) in [4.78, 5) is 12.5. The van der Waals surface area contributed by atoms with Gasteiger partial charge in [0.1, 0.15) is 5.69 Å². The number of nitrogens with zero attached hydrogens (tertiary/aromatic N) is 3. The lowest BCUT2D eigenvalue weighted by atomic mass is 10.1. The Morgan fingerprint density at radius 1 is 0.970 bits per heavy atom. The minimum absolute atomic E-state index is 0.231. The van der Waals surface area contributed by atoms with Crippen LogP contribution in [-0.2, 0) is 9.84 Å². The van der Waals surface area contributed by atoms with Crippen LogP contribution in [0, 0.1) is 6.92 Å². The number of benzene rings is 3. The molecule has 1 N–H and O–H groups in total. The molecule has 4 rings (SSSR count). The normalized spacial score (nSPS) is 11.6. The van der Waals surface area contributed by atoms with E-state index in [1.54, 1.807) is 53.2 Å². The van der Waals surface area contributed by atoms with Gasteiger partial charge in [-0.2, -0.15) is 10.2 Å². The molecule has 33 heavy (non-hydrogen) atoms. The highest BCUT2D eigenvalue weighted by atomic mass is 32.2. The Bertz CT molecular complexity index is 1410. The summed E-state index contributed by atoms with van der Waals surface area (Å²) < 4.78 is 25.3. The second kappa shape index (κ2) is 9.22. The highest BCUT2D eigenvalue weighted by Crippen LogP contribution is 2.24. The molecule has 0 unspecified atom stereocenters. The van der Waals surface area contributed by atoms with Gasteiger partial charge in [0.05, 0.1) is 16.8 Å². The van der Waals surface area contributed by atoms with Gasteiger partial charge in [-0.05, 0) is 43.3 Å². The monoisotopic (exact) mass is 458 g/mol. The van der Waals surface area contributed by atoms with E-state index >= 15 is 0 Å². The molecule has 0 fully saturated rings. The predicted molar refractivity (Wildman–Crippen MR) is 128 cm³/mol. The fourth-order valence-corrected chi connectivity index (χ4v) is 3.84. The first-order valence-corrected chi connectivity index (χ1v) is 12.1. The third-order valence-electron chi connectivity index (χ3n) is 5.00. The Hall–Kier alpha value is -4.04. The number of carbonyl (C=O) groups is 1. The van der Waals surface area contributed by atoms with E-state index in [0.29, 0.717) is 16.8 Å². The Labute approximate surface area is 192 Å².